The molecule has 0 bridgehead atoms. The van der Waals surface area contributed by atoms with Crippen molar-refractivity contribution in [3.8, 4) is 0 Å². The fraction of sp³-hybridized carbons (Fsp3) is 0.929. The molecule has 0 aliphatic rings. The van der Waals surface area contributed by atoms with E-state index >= 15 is 0 Å². The third kappa shape index (κ3) is 13.7. The number of carbonyl (C=O) groups excluding carboxylic acids is 1. The summed E-state index contributed by atoms with van der Waals surface area (Å²) >= 11 is 0. The molecule has 1 amide bonds. The lowest BCUT2D eigenvalue weighted by Gasteiger charge is -2.13. The van der Waals surface area contributed by atoms with Crippen molar-refractivity contribution in [1.29, 1.82) is 0 Å². The number of nitrogens with one attached hydrogen (secondary N) is 2. The van der Waals surface area contributed by atoms with Crippen LogP contribution in [0.1, 0.15) is 27.7 Å². The standard InChI is InChI=1S/C14H30N2O4/c1-11(2)7-16-14(18)9-15-8-13(17)10-19-5-6-20-12(3)4/h11-13,15,17H,5-10H2,1-4H3,(H,16,18). The van der Waals surface area contributed by atoms with Gasteiger partial charge in [-0.3, -0.25) is 4.79 Å². The van der Waals surface area contributed by atoms with E-state index in [1.54, 1.807) is 0 Å². The lowest BCUT2D eigenvalue weighted by Crippen LogP contribution is -2.39. The lowest BCUT2D eigenvalue weighted by atomic mass is 10.2. The molecular weight excluding hydrogens is 260 g/mol. The topological polar surface area (TPSA) is 79.8 Å². The Balaban J connectivity index is 3.40. The number of carbonyl (C=O) groups is 1. The van der Waals surface area contributed by atoms with E-state index < -0.39 is 6.10 Å². The summed E-state index contributed by atoms with van der Waals surface area (Å²) in [6, 6.07) is 0. The van der Waals surface area contributed by atoms with Crippen molar-refractivity contribution in [2.24, 2.45) is 5.92 Å². The first kappa shape index (κ1) is 19.3. The molecule has 0 aliphatic heterocycles. The third-order valence-corrected chi connectivity index (χ3v) is 2.36. The van der Waals surface area contributed by atoms with Gasteiger partial charge in [-0.15, -0.1) is 0 Å². The maximum atomic E-state index is 11.4. The molecular formula is C14H30N2O4. The smallest absolute Gasteiger partial charge is 0.233 e. The Morgan fingerprint density at radius 1 is 1.15 bits per heavy atom. The number of rotatable bonds is 12. The van der Waals surface area contributed by atoms with Crippen LogP contribution in [0.5, 0.6) is 0 Å². The fourth-order valence-corrected chi connectivity index (χ4v) is 1.35. The zero-order valence-electron chi connectivity index (χ0n) is 13.1. The van der Waals surface area contributed by atoms with Gasteiger partial charge in [0.15, 0.2) is 0 Å². The Labute approximate surface area is 122 Å². The van der Waals surface area contributed by atoms with Gasteiger partial charge in [0.25, 0.3) is 0 Å². The summed E-state index contributed by atoms with van der Waals surface area (Å²) in [5.41, 5.74) is 0. The van der Waals surface area contributed by atoms with Crippen molar-refractivity contribution < 1.29 is 19.4 Å². The highest BCUT2D eigenvalue weighted by molar-refractivity contribution is 5.77. The molecule has 0 rings (SSSR count). The highest BCUT2D eigenvalue weighted by Gasteiger charge is 2.06. The predicted molar refractivity (Wildman–Crippen MR) is 78.6 cm³/mol. The van der Waals surface area contributed by atoms with E-state index in [0.717, 1.165) is 0 Å². The van der Waals surface area contributed by atoms with Gasteiger partial charge in [-0.05, 0) is 19.8 Å². The molecule has 0 aromatic heterocycles. The van der Waals surface area contributed by atoms with Crippen molar-refractivity contribution in [3.05, 3.63) is 0 Å². The van der Waals surface area contributed by atoms with E-state index in [1.807, 2.05) is 27.7 Å². The molecule has 1 atom stereocenters. The average Bonchev–Trinajstić information content (AvgIpc) is 2.35. The van der Waals surface area contributed by atoms with Crippen LogP contribution in [0.4, 0.5) is 0 Å². The zero-order valence-corrected chi connectivity index (χ0v) is 13.1. The Morgan fingerprint density at radius 2 is 1.85 bits per heavy atom. The van der Waals surface area contributed by atoms with Gasteiger partial charge in [0.05, 0.1) is 38.6 Å². The van der Waals surface area contributed by atoms with Gasteiger partial charge in [0.1, 0.15) is 0 Å². The lowest BCUT2D eigenvalue weighted by molar-refractivity contribution is -0.120. The van der Waals surface area contributed by atoms with E-state index in [4.69, 9.17) is 9.47 Å². The van der Waals surface area contributed by atoms with Gasteiger partial charge in [0.2, 0.25) is 5.91 Å². The largest absolute Gasteiger partial charge is 0.389 e. The number of hydrogen-bond donors (Lipinski definition) is 3. The molecule has 0 fully saturated rings. The maximum absolute atomic E-state index is 11.4. The van der Waals surface area contributed by atoms with Gasteiger partial charge in [0, 0.05) is 13.1 Å². The van der Waals surface area contributed by atoms with Gasteiger partial charge in [-0.2, -0.15) is 0 Å². The van der Waals surface area contributed by atoms with Crippen molar-refractivity contribution in [2.75, 3.05) is 39.5 Å². The maximum Gasteiger partial charge on any atom is 0.233 e. The van der Waals surface area contributed by atoms with Crippen molar-refractivity contribution in [2.45, 2.75) is 39.9 Å². The number of aliphatic hydroxyl groups is 1. The number of aliphatic hydroxyl groups excluding tert-OH is 1. The summed E-state index contributed by atoms with van der Waals surface area (Å²) in [6.07, 6.45) is -0.429. The van der Waals surface area contributed by atoms with Gasteiger partial charge >= 0.3 is 0 Å². The molecule has 0 aliphatic carbocycles. The fourth-order valence-electron chi connectivity index (χ4n) is 1.35. The van der Waals surface area contributed by atoms with Crippen LogP contribution >= 0.6 is 0 Å². The molecule has 3 N–H and O–H groups in total. The molecule has 20 heavy (non-hydrogen) atoms. The van der Waals surface area contributed by atoms with Gasteiger partial charge < -0.3 is 25.2 Å². The summed E-state index contributed by atoms with van der Waals surface area (Å²) in [5, 5.41) is 15.3. The van der Waals surface area contributed by atoms with E-state index in [2.05, 4.69) is 10.6 Å². The van der Waals surface area contributed by atoms with Crippen LogP contribution in [0.2, 0.25) is 0 Å². The molecule has 120 valence electrons. The number of hydrogen-bond acceptors (Lipinski definition) is 5. The van der Waals surface area contributed by atoms with E-state index in [1.165, 1.54) is 0 Å². The number of amides is 1. The van der Waals surface area contributed by atoms with E-state index in [0.29, 0.717) is 32.2 Å². The Morgan fingerprint density at radius 3 is 2.45 bits per heavy atom. The first-order valence-corrected chi connectivity index (χ1v) is 7.26. The van der Waals surface area contributed by atoms with Crippen LogP contribution in [0.15, 0.2) is 0 Å². The monoisotopic (exact) mass is 290 g/mol. The zero-order chi connectivity index (χ0) is 15.4. The normalized spacial score (nSPS) is 12.9. The minimum Gasteiger partial charge on any atom is -0.389 e. The van der Waals surface area contributed by atoms with Crippen LogP contribution in [0.3, 0.4) is 0 Å². The third-order valence-electron chi connectivity index (χ3n) is 2.36. The highest BCUT2D eigenvalue weighted by Crippen LogP contribution is 1.89. The Bertz CT molecular complexity index is 247. The van der Waals surface area contributed by atoms with E-state index in [-0.39, 0.29) is 25.2 Å². The second kappa shape index (κ2) is 12.1. The molecule has 0 saturated heterocycles. The van der Waals surface area contributed by atoms with Crippen molar-refractivity contribution in [1.82, 2.24) is 10.6 Å². The summed E-state index contributed by atoms with van der Waals surface area (Å²) in [7, 11) is 0. The minimum absolute atomic E-state index is 0.0582. The van der Waals surface area contributed by atoms with E-state index in [9.17, 15) is 9.90 Å². The molecule has 6 heteroatoms. The van der Waals surface area contributed by atoms with Crippen molar-refractivity contribution >= 4 is 5.91 Å². The van der Waals surface area contributed by atoms with Crippen LogP contribution in [0.25, 0.3) is 0 Å². The Hall–Kier alpha value is -0.690. The molecule has 0 saturated carbocycles. The SMILES string of the molecule is CC(C)CNC(=O)CNCC(O)COCCOC(C)C. The predicted octanol–water partition coefficient (Wildman–Crippen LogP) is 0.151. The van der Waals surface area contributed by atoms with Crippen molar-refractivity contribution in [3.63, 3.8) is 0 Å². The molecule has 0 aromatic rings. The van der Waals surface area contributed by atoms with Gasteiger partial charge in [-0.1, -0.05) is 13.8 Å². The summed E-state index contributed by atoms with van der Waals surface area (Å²) in [6.45, 7) is 10.4. The first-order valence-electron chi connectivity index (χ1n) is 7.26. The second-order valence-electron chi connectivity index (χ2n) is 5.48. The summed E-state index contributed by atoms with van der Waals surface area (Å²) < 4.78 is 10.6. The summed E-state index contributed by atoms with van der Waals surface area (Å²) in [4.78, 5) is 11.4. The molecule has 0 heterocycles. The Kier molecular flexibility index (Phi) is 11.7. The van der Waals surface area contributed by atoms with Crippen LogP contribution in [-0.4, -0.2) is 62.7 Å². The first-order chi connectivity index (χ1) is 9.41. The van der Waals surface area contributed by atoms with Crippen LogP contribution < -0.4 is 10.6 Å². The molecule has 6 nitrogen and oxygen atoms in total. The van der Waals surface area contributed by atoms with Crippen LogP contribution in [-0.2, 0) is 14.3 Å². The van der Waals surface area contributed by atoms with Crippen LogP contribution in [0, 0.1) is 5.92 Å². The number of ether oxygens (including phenoxy) is 2. The molecule has 0 radical (unpaired) electrons. The quantitative estimate of drug-likeness (QED) is 0.446. The average molecular weight is 290 g/mol. The molecule has 0 spiro atoms. The molecule has 1 unspecified atom stereocenters. The second-order valence-corrected chi connectivity index (χ2v) is 5.48. The summed E-state index contributed by atoms with van der Waals surface area (Å²) in [5.74, 6) is 0.378. The highest BCUT2D eigenvalue weighted by atomic mass is 16.5. The minimum atomic E-state index is -0.619. The molecule has 0 aromatic carbocycles. The van der Waals surface area contributed by atoms with Gasteiger partial charge in [-0.25, -0.2) is 0 Å².